The molecule has 3 aliphatic carbocycles. The van der Waals surface area contributed by atoms with Gasteiger partial charge in [-0.05, 0) is 117 Å². The van der Waals surface area contributed by atoms with E-state index in [9.17, 15) is 19.8 Å². The van der Waals surface area contributed by atoms with Crippen LogP contribution in [0.3, 0.4) is 0 Å². The molecular weight excluding hydrogens is 657 g/mol. The lowest BCUT2D eigenvalue weighted by Gasteiger charge is -2.46. The summed E-state index contributed by atoms with van der Waals surface area (Å²) in [6.45, 7) is 4.87. The predicted octanol–water partition coefficient (Wildman–Crippen LogP) is 8.80. The Morgan fingerprint density at radius 2 is 1.78 bits per heavy atom. The van der Waals surface area contributed by atoms with Gasteiger partial charge in [0.25, 0.3) is 0 Å². The number of aliphatic hydroxyl groups excluding tert-OH is 1. The number of carbonyl (C=O) groups is 2. The Bertz CT molecular complexity index is 1820. The van der Waals surface area contributed by atoms with Crippen LogP contribution < -0.4 is 10.1 Å². The van der Waals surface area contributed by atoms with Gasteiger partial charge in [0.1, 0.15) is 5.75 Å². The smallest absolute Gasteiger partial charge is 0.321 e. The van der Waals surface area contributed by atoms with Crippen molar-refractivity contribution in [2.24, 2.45) is 5.41 Å². The first-order valence-electron chi connectivity index (χ1n) is 18.1. The first-order chi connectivity index (χ1) is 24.6. The molecule has 4 atom stereocenters. The Kier molecular flexibility index (Phi) is 11.4. The highest BCUT2D eigenvalue weighted by Gasteiger charge is 2.57. The molecule has 1 fully saturated rings. The Morgan fingerprint density at radius 3 is 2.51 bits per heavy atom. The fraction of sp³-hybridized carbons (Fsp3) is 0.395. The molecule has 1 aromatic heterocycles. The number of carbonyl (C=O) groups excluding carboxylic acids is 2. The van der Waals surface area contributed by atoms with Gasteiger partial charge in [0, 0.05) is 33.7 Å². The minimum Gasteiger partial charge on any atom is -0.497 e. The van der Waals surface area contributed by atoms with Crippen LogP contribution >= 0.6 is 11.3 Å². The third-order valence-electron chi connectivity index (χ3n) is 11.2. The largest absolute Gasteiger partial charge is 0.497 e. The number of fused-ring (bicyclic) bond motifs is 8. The molecule has 8 heteroatoms. The van der Waals surface area contributed by atoms with Crippen LogP contribution in [0.2, 0.25) is 0 Å². The number of thiophene rings is 1. The molecule has 3 aliphatic rings. The average molecular weight is 707 g/mol. The molecule has 7 rings (SSSR count). The van der Waals surface area contributed by atoms with Crippen LogP contribution in [0.25, 0.3) is 0 Å². The lowest BCUT2D eigenvalue weighted by molar-refractivity contribution is -0.0762. The number of rotatable bonds is 9. The highest BCUT2D eigenvalue weighted by molar-refractivity contribution is 7.09. The highest BCUT2D eigenvalue weighted by atomic mass is 32.1. The molecule has 3 N–H and O–H groups in total. The molecule has 3 aromatic carbocycles. The molecule has 0 aliphatic heterocycles. The van der Waals surface area contributed by atoms with Gasteiger partial charge in [-0.15, -0.1) is 11.3 Å². The van der Waals surface area contributed by atoms with Crippen molar-refractivity contribution in [1.82, 2.24) is 4.90 Å². The third-order valence-corrected chi connectivity index (χ3v) is 12.2. The van der Waals surface area contributed by atoms with E-state index in [0.29, 0.717) is 67.6 Å². The van der Waals surface area contributed by atoms with Crippen LogP contribution in [0.15, 0.2) is 102 Å². The van der Waals surface area contributed by atoms with Crippen LogP contribution in [-0.2, 0) is 12.8 Å². The second kappa shape index (κ2) is 16.0. The number of allylic oxidation sites excluding steroid dienone is 2. The Balaban J connectivity index is 1.38. The van der Waals surface area contributed by atoms with Crippen molar-refractivity contribution < 1.29 is 24.5 Å². The molecule has 268 valence electrons. The van der Waals surface area contributed by atoms with Crippen molar-refractivity contribution in [3.63, 3.8) is 0 Å². The lowest BCUT2D eigenvalue weighted by atomic mass is 9.64. The number of nitrogens with one attached hydrogen (secondary N) is 1. The van der Waals surface area contributed by atoms with Gasteiger partial charge in [0.05, 0.1) is 25.4 Å². The maximum atomic E-state index is 14.2. The second-order valence-electron chi connectivity index (χ2n) is 14.6. The number of amides is 2. The van der Waals surface area contributed by atoms with E-state index >= 15 is 0 Å². The SMILES string of the molecule is COc1ccc(NC(=O)N(CCc2cccs2)CC2(O)CCC3c4ccc(cc4C(=O)c4ccccc4)CC(O)CCC(C)=CCCC32C)cc1. The van der Waals surface area contributed by atoms with E-state index in [1.807, 2.05) is 78.2 Å². The number of ether oxygens (including phenoxy) is 1. The number of ketones is 1. The van der Waals surface area contributed by atoms with Crippen LogP contribution in [0.5, 0.6) is 5.75 Å². The number of aliphatic hydroxyl groups is 2. The van der Waals surface area contributed by atoms with E-state index in [1.165, 1.54) is 10.5 Å². The van der Waals surface area contributed by atoms with E-state index in [1.54, 1.807) is 23.3 Å². The van der Waals surface area contributed by atoms with Crippen molar-refractivity contribution in [2.45, 2.75) is 82.8 Å². The number of hydrogen-bond donors (Lipinski definition) is 3. The number of anilines is 1. The van der Waals surface area contributed by atoms with Gasteiger partial charge in [0.2, 0.25) is 0 Å². The average Bonchev–Trinajstić information content (AvgIpc) is 3.75. The summed E-state index contributed by atoms with van der Waals surface area (Å²) < 4.78 is 5.30. The summed E-state index contributed by atoms with van der Waals surface area (Å²) in [6, 6.07) is 26.5. The fourth-order valence-corrected chi connectivity index (χ4v) is 8.78. The first-order valence-corrected chi connectivity index (χ1v) is 19.0. The normalized spacial score (nSPS) is 23.5. The molecular formula is C43H50N2O5S. The Labute approximate surface area is 306 Å². The third kappa shape index (κ3) is 8.30. The minimum atomic E-state index is -1.23. The summed E-state index contributed by atoms with van der Waals surface area (Å²) in [5.41, 5.74) is 3.06. The van der Waals surface area contributed by atoms with Crippen LogP contribution in [0, 0.1) is 5.41 Å². The van der Waals surface area contributed by atoms with E-state index in [-0.39, 0.29) is 24.3 Å². The molecule has 1 saturated carbocycles. The van der Waals surface area contributed by atoms with Crippen molar-refractivity contribution in [2.75, 3.05) is 25.5 Å². The molecule has 4 unspecified atom stereocenters. The lowest BCUT2D eigenvalue weighted by Crippen LogP contribution is -2.54. The van der Waals surface area contributed by atoms with Crippen molar-refractivity contribution in [3.8, 4) is 5.75 Å². The maximum Gasteiger partial charge on any atom is 0.321 e. The monoisotopic (exact) mass is 706 g/mol. The number of benzene rings is 3. The van der Waals surface area contributed by atoms with Crippen LogP contribution in [0.1, 0.15) is 90.2 Å². The second-order valence-corrected chi connectivity index (χ2v) is 15.6. The molecule has 2 bridgehead atoms. The number of methoxy groups -OCH3 is 1. The van der Waals surface area contributed by atoms with Gasteiger partial charge in [-0.2, -0.15) is 0 Å². The maximum absolute atomic E-state index is 14.2. The van der Waals surface area contributed by atoms with E-state index in [4.69, 9.17) is 4.74 Å². The Hall–Kier alpha value is -4.24. The summed E-state index contributed by atoms with van der Waals surface area (Å²) in [5, 5.41) is 29.0. The van der Waals surface area contributed by atoms with Crippen LogP contribution in [0.4, 0.5) is 10.5 Å². The first kappa shape index (κ1) is 36.5. The number of urea groups is 1. The van der Waals surface area contributed by atoms with Gasteiger partial charge in [-0.3, -0.25) is 4.79 Å². The van der Waals surface area contributed by atoms with E-state index in [0.717, 1.165) is 24.0 Å². The quantitative estimate of drug-likeness (QED) is 0.119. The molecule has 0 radical (unpaired) electrons. The molecule has 7 nitrogen and oxygen atoms in total. The summed E-state index contributed by atoms with van der Waals surface area (Å²) in [5.74, 6) is 0.512. The molecule has 1 heterocycles. The van der Waals surface area contributed by atoms with Gasteiger partial charge in [-0.25, -0.2) is 4.79 Å². The Morgan fingerprint density at radius 1 is 1.00 bits per heavy atom. The fourth-order valence-electron chi connectivity index (χ4n) is 8.09. The summed E-state index contributed by atoms with van der Waals surface area (Å²) >= 11 is 1.66. The zero-order valence-corrected chi connectivity index (χ0v) is 30.8. The van der Waals surface area contributed by atoms with Crippen molar-refractivity contribution in [1.29, 1.82) is 0 Å². The summed E-state index contributed by atoms with van der Waals surface area (Å²) in [4.78, 5) is 31.3. The van der Waals surface area contributed by atoms with Gasteiger partial charge >= 0.3 is 6.03 Å². The molecule has 0 saturated heterocycles. The molecule has 4 aromatic rings. The van der Waals surface area contributed by atoms with Crippen molar-refractivity contribution >= 4 is 28.8 Å². The van der Waals surface area contributed by atoms with Crippen molar-refractivity contribution in [3.05, 3.63) is 129 Å². The van der Waals surface area contributed by atoms with Gasteiger partial charge in [0.15, 0.2) is 5.78 Å². The van der Waals surface area contributed by atoms with Gasteiger partial charge < -0.3 is 25.2 Å². The van der Waals surface area contributed by atoms with Crippen LogP contribution in [-0.4, -0.2) is 58.8 Å². The molecule has 51 heavy (non-hydrogen) atoms. The topological polar surface area (TPSA) is 99.1 Å². The minimum absolute atomic E-state index is 0.0565. The van der Waals surface area contributed by atoms with Gasteiger partial charge in [-0.1, -0.05) is 67.1 Å². The summed E-state index contributed by atoms with van der Waals surface area (Å²) in [6.07, 6.45) is 6.87. The van der Waals surface area contributed by atoms with E-state index in [2.05, 4.69) is 37.4 Å². The predicted molar refractivity (Wildman–Crippen MR) is 205 cm³/mol. The highest BCUT2D eigenvalue weighted by Crippen LogP contribution is 2.59. The van der Waals surface area contributed by atoms with E-state index < -0.39 is 17.1 Å². The number of nitrogens with zero attached hydrogens (tertiary/aromatic N) is 1. The number of hydrogen-bond acceptors (Lipinski definition) is 6. The standard InChI is InChI=1S/C43H50N2O5S/c1-30-9-7-23-42(2)39(37-20-14-31(27-34(46)17-13-30)28-38(37)40(47)32-10-5-4-6-11-32)21-24-43(42,49)29-45(25-22-36-12-8-26-51-36)41(48)44-33-15-18-35(50-3)19-16-33/h4-6,8-12,14-16,18-20,26,28,34,39,46,49H,7,13,17,21-25,27,29H2,1-3H3,(H,44,48). The zero-order chi connectivity index (χ0) is 36.0. The molecule has 0 spiro atoms. The molecule has 2 amide bonds. The zero-order valence-electron chi connectivity index (χ0n) is 29.9. The summed E-state index contributed by atoms with van der Waals surface area (Å²) in [7, 11) is 1.61.